The Labute approximate surface area is 220 Å². The van der Waals surface area contributed by atoms with E-state index < -0.39 is 0 Å². The van der Waals surface area contributed by atoms with Crippen LogP contribution in [0.3, 0.4) is 0 Å². The number of ether oxygens (including phenoxy) is 1. The van der Waals surface area contributed by atoms with Crippen LogP contribution < -0.4 is 4.74 Å². The van der Waals surface area contributed by atoms with E-state index in [0.29, 0.717) is 35.3 Å². The second kappa shape index (κ2) is 11.9. The first-order valence-electron chi connectivity index (χ1n) is 12.1. The largest absolute Gasteiger partial charge is 0.491 e. The summed E-state index contributed by atoms with van der Waals surface area (Å²) in [5.74, 6) is 0.0664. The number of fused-ring (bicyclic) bond motifs is 1. The monoisotopic (exact) mass is 528 g/mol. The molecule has 36 heavy (non-hydrogen) atoms. The topological polar surface area (TPSA) is 49.9 Å². The summed E-state index contributed by atoms with van der Waals surface area (Å²) < 4.78 is 19.6. The summed E-state index contributed by atoms with van der Waals surface area (Å²) in [5, 5.41) is 2.50. The summed E-state index contributed by atoms with van der Waals surface area (Å²) in [6.07, 6.45) is 1.53. The van der Waals surface area contributed by atoms with Gasteiger partial charge in [-0.15, -0.1) is 11.3 Å². The van der Waals surface area contributed by atoms with Crippen LogP contribution in [-0.2, 0) is 11.2 Å². The van der Waals surface area contributed by atoms with Gasteiger partial charge in [-0.05, 0) is 66.1 Å². The van der Waals surface area contributed by atoms with Gasteiger partial charge in [-0.3, -0.25) is 9.59 Å². The molecule has 1 aliphatic heterocycles. The Morgan fingerprint density at radius 2 is 2.00 bits per heavy atom. The maximum absolute atomic E-state index is 13.7. The number of hydrogen-bond donors (Lipinski definition) is 0. The molecule has 0 N–H and O–H groups in total. The molecule has 3 aromatic rings. The fourth-order valence-corrected chi connectivity index (χ4v) is 5.45. The molecule has 4 rings (SSSR count). The smallest absolute Gasteiger partial charge is 0.254 e. The average Bonchev–Trinajstić information content (AvgIpc) is 3.33. The molecule has 2 amide bonds. The first-order chi connectivity index (χ1) is 17.3. The Kier molecular flexibility index (Phi) is 8.64. The van der Waals surface area contributed by atoms with Gasteiger partial charge >= 0.3 is 0 Å². The summed E-state index contributed by atoms with van der Waals surface area (Å²) in [4.78, 5) is 31.6. The van der Waals surface area contributed by atoms with Crippen molar-refractivity contribution in [1.82, 2.24) is 9.80 Å². The predicted molar refractivity (Wildman–Crippen MR) is 141 cm³/mol. The lowest BCUT2D eigenvalue weighted by Gasteiger charge is -2.37. The van der Waals surface area contributed by atoms with Crippen molar-refractivity contribution in [3.8, 4) is 5.75 Å². The van der Waals surface area contributed by atoms with Crippen molar-refractivity contribution < 1.29 is 18.7 Å². The lowest BCUT2D eigenvalue weighted by molar-refractivity contribution is -0.135. The van der Waals surface area contributed by atoms with Gasteiger partial charge in [0.15, 0.2) is 0 Å². The molecule has 0 spiro atoms. The maximum atomic E-state index is 13.7. The van der Waals surface area contributed by atoms with E-state index in [1.54, 1.807) is 57.5 Å². The highest BCUT2D eigenvalue weighted by Gasteiger charge is 2.33. The van der Waals surface area contributed by atoms with Gasteiger partial charge in [0.25, 0.3) is 5.91 Å². The molecule has 190 valence electrons. The zero-order chi connectivity index (χ0) is 25.7. The minimum Gasteiger partial charge on any atom is -0.491 e. The molecule has 0 bridgehead atoms. The molecule has 2 heterocycles. The minimum absolute atomic E-state index is 0.0337. The lowest BCUT2D eigenvalue weighted by Crippen LogP contribution is -2.48. The van der Waals surface area contributed by atoms with Crippen LogP contribution in [0.1, 0.15) is 47.1 Å². The van der Waals surface area contributed by atoms with Crippen LogP contribution >= 0.6 is 22.9 Å². The second-order valence-corrected chi connectivity index (χ2v) is 10.8. The molecule has 0 fully saturated rings. The molecule has 1 aliphatic rings. The number of carbonyl (C=O) groups excluding carboxylic acids is 2. The van der Waals surface area contributed by atoms with Crippen LogP contribution in [0.5, 0.6) is 5.75 Å². The van der Waals surface area contributed by atoms with E-state index in [4.69, 9.17) is 16.3 Å². The van der Waals surface area contributed by atoms with Crippen molar-refractivity contribution in [2.45, 2.75) is 32.7 Å². The number of carbonyl (C=O) groups is 2. The maximum Gasteiger partial charge on any atom is 0.254 e. The summed E-state index contributed by atoms with van der Waals surface area (Å²) in [6, 6.07) is 14.5. The van der Waals surface area contributed by atoms with E-state index in [1.165, 1.54) is 17.0 Å². The third kappa shape index (κ3) is 6.45. The second-order valence-electron chi connectivity index (χ2n) is 9.34. The zero-order valence-corrected chi connectivity index (χ0v) is 22.0. The summed E-state index contributed by atoms with van der Waals surface area (Å²) in [7, 11) is 0. The van der Waals surface area contributed by atoms with Crippen molar-refractivity contribution in [1.29, 1.82) is 0 Å². The third-order valence-electron chi connectivity index (χ3n) is 6.28. The highest BCUT2D eigenvalue weighted by molar-refractivity contribution is 7.10. The van der Waals surface area contributed by atoms with Gasteiger partial charge in [0, 0.05) is 34.6 Å². The van der Waals surface area contributed by atoms with Crippen LogP contribution in [-0.4, -0.2) is 47.9 Å². The van der Waals surface area contributed by atoms with Crippen LogP contribution in [0.25, 0.3) is 0 Å². The third-order valence-corrected chi connectivity index (χ3v) is 7.51. The van der Waals surface area contributed by atoms with Crippen LogP contribution in [0.2, 0.25) is 5.02 Å². The van der Waals surface area contributed by atoms with Crippen LogP contribution in [0.4, 0.5) is 4.39 Å². The molecule has 0 aliphatic carbocycles. The van der Waals surface area contributed by atoms with Gasteiger partial charge in [0.2, 0.25) is 5.91 Å². The Balaban J connectivity index is 1.53. The SMILES string of the molecule is CC(C)CCN(CC(=O)N1CCc2sccc2C1COc1cccc(F)c1)C(=O)c1cccc(Cl)c1. The van der Waals surface area contributed by atoms with Crippen LogP contribution in [0, 0.1) is 11.7 Å². The van der Waals surface area contributed by atoms with Gasteiger partial charge in [-0.1, -0.05) is 37.6 Å². The molecular formula is C28H30ClFN2O3S. The Hall–Kier alpha value is -2.90. The highest BCUT2D eigenvalue weighted by atomic mass is 35.5. The van der Waals surface area contributed by atoms with Crippen molar-refractivity contribution >= 4 is 34.8 Å². The summed E-state index contributed by atoms with van der Waals surface area (Å²) >= 11 is 7.78. The molecule has 8 heteroatoms. The molecular weight excluding hydrogens is 499 g/mol. The molecule has 1 unspecified atom stereocenters. The normalized spacial score (nSPS) is 15.0. The number of nitrogens with zero attached hydrogens (tertiary/aromatic N) is 2. The average molecular weight is 529 g/mol. The number of benzene rings is 2. The standard InChI is InChI=1S/C28H30ClFN2O3S/c1-19(2)9-12-31(28(34)20-5-3-6-21(29)15-20)17-27(33)32-13-10-26-24(11-14-36-26)25(32)18-35-23-8-4-7-22(30)16-23/h3-8,11,14-16,19,25H,9-10,12-13,17-18H2,1-2H3. The van der Waals surface area contributed by atoms with Crippen molar-refractivity contribution in [3.05, 3.63) is 86.8 Å². The van der Waals surface area contributed by atoms with Crippen LogP contribution in [0.15, 0.2) is 60.0 Å². The number of rotatable bonds is 9. The van der Waals surface area contributed by atoms with Gasteiger partial charge < -0.3 is 14.5 Å². The van der Waals surface area contributed by atoms with Crippen molar-refractivity contribution in [2.75, 3.05) is 26.2 Å². The van der Waals surface area contributed by atoms with Gasteiger partial charge in [0.1, 0.15) is 24.7 Å². The predicted octanol–water partition coefficient (Wildman–Crippen LogP) is 6.23. The molecule has 0 saturated heterocycles. The molecule has 1 atom stereocenters. The summed E-state index contributed by atoms with van der Waals surface area (Å²) in [6.45, 7) is 5.35. The molecule has 5 nitrogen and oxygen atoms in total. The number of thiophene rings is 1. The van der Waals surface area contributed by atoms with E-state index in [0.717, 1.165) is 18.4 Å². The Morgan fingerprint density at radius 1 is 1.19 bits per heavy atom. The number of hydrogen-bond acceptors (Lipinski definition) is 4. The van der Waals surface area contributed by atoms with E-state index >= 15 is 0 Å². The van der Waals surface area contributed by atoms with Gasteiger partial charge in [0.05, 0.1) is 6.04 Å². The first kappa shape index (κ1) is 26.2. The Morgan fingerprint density at radius 3 is 2.75 bits per heavy atom. The van der Waals surface area contributed by atoms with E-state index in [1.807, 2.05) is 11.4 Å². The van der Waals surface area contributed by atoms with E-state index in [9.17, 15) is 14.0 Å². The minimum atomic E-state index is -0.374. The fraction of sp³-hybridized carbons (Fsp3) is 0.357. The van der Waals surface area contributed by atoms with Gasteiger partial charge in [-0.25, -0.2) is 4.39 Å². The van der Waals surface area contributed by atoms with E-state index in [2.05, 4.69) is 13.8 Å². The van der Waals surface area contributed by atoms with Gasteiger partial charge in [-0.2, -0.15) is 0 Å². The number of halogens is 2. The molecule has 2 aromatic carbocycles. The quantitative estimate of drug-likeness (QED) is 0.330. The number of amides is 2. The summed E-state index contributed by atoms with van der Waals surface area (Å²) in [5.41, 5.74) is 1.51. The molecule has 0 saturated carbocycles. The highest BCUT2D eigenvalue weighted by Crippen LogP contribution is 2.34. The Bertz CT molecular complexity index is 1210. The fourth-order valence-electron chi connectivity index (χ4n) is 4.33. The zero-order valence-electron chi connectivity index (χ0n) is 20.5. The first-order valence-corrected chi connectivity index (χ1v) is 13.4. The molecule has 1 aromatic heterocycles. The van der Waals surface area contributed by atoms with E-state index in [-0.39, 0.29) is 36.8 Å². The lowest BCUT2D eigenvalue weighted by atomic mass is 10.00. The van der Waals surface area contributed by atoms with Crippen molar-refractivity contribution in [2.24, 2.45) is 5.92 Å². The van der Waals surface area contributed by atoms with Crippen molar-refractivity contribution in [3.63, 3.8) is 0 Å². The molecule has 0 radical (unpaired) electrons.